The van der Waals surface area contributed by atoms with Crippen LogP contribution >= 0.6 is 0 Å². The number of hydrogen-bond acceptors (Lipinski definition) is 4. The van der Waals surface area contributed by atoms with E-state index in [1.54, 1.807) is 0 Å². The first kappa shape index (κ1) is 18.1. The number of ether oxygens (including phenoxy) is 1. The molecule has 6 heteroatoms. The van der Waals surface area contributed by atoms with E-state index in [9.17, 15) is 14.4 Å². The van der Waals surface area contributed by atoms with Gasteiger partial charge in [0.15, 0.2) is 0 Å². The van der Waals surface area contributed by atoms with Gasteiger partial charge in [0.1, 0.15) is 0 Å². The van der Waals surface area contributed by atoms with Gasteiger partial charge in [0.2, 0.25) is 0 Å². The molecule has 0 heterocycles. The smallest absolute Gasteiger partial charge is 0.360 e. The van der Waals surface area contributed by atoms with Crippen molar-refractivity contribution in [1.82, 2.24) is 0 Å². The third kappa shape index (κ3) is 5.42. The molecular weight excluding hydrogens is 264 g/mol. The molecule has 0 spiro atoms. The molecule has 0 saturated heterocycles. The Morgan fingerprint density at radius 1 is 1.05 bits per heavy atom. The molecule has 0 amide bonds. The maximum atomic E-state index is 11.2. The highest BCUT2D eigenvalue weighted by Crippen LogP contribution is 2.22. The zero-order valence-corrected chi connectivity index (χ0v) is 11.8. The molecule has 0 atom stereocenters. The van der Waals surface area contributed by atoms with Crippen molar-refractivity contribution in [3.63, 3.8) is 0 Å². The molecule has 0 aromatic heterocycles. The summed E-state index contributed by atoms with van der Waals surface area (Å²) in [6.07, 6.45) is 5.68. The molecule has 2 N–H and O–H groups in total. The molecule has 0 unspecified atom stereocenters. The van der Waals surface area contributed by atoms with E-state index in [1.807, 2.05) is 0 Å². The van der Waals surface area contributed by atoms with Crippen molar-refractivity contribution in [1.29, 1.82) is 0 Å². The van der Waals surface area contributed by atoms with E-state index in [0.29, 0.717) is 12.8 Å². The third-order valence-corrected chi connectivity index (χ3v) is 3.01. The molecule has 0 aliphatic rings. The largest absolute Gasteiger partial charge is 0.478 e. The first-order valence-corrected chi connectivity index (χ1v) is 6.73. The summed E-state index contributed by atoms with van der Waals surface area (Å²) in [4.78, 5) is 33.5. The van der Waals surface area contributed by atoms with Gasteiger partial charge in [-0.2, -0.15) is 0 Å². The lowest BCUT2D eigenvalue weighted by Crippen LogP contribution is -2.50. The molecule has 0 aromatic carbocycles. The summed E-state index contributed by atoms with van der Waals surface area (Å²) in [6, 6.07) is 0. The number of carboxylic acids is 2. The van der Waals surface area contributed by atoms with Gasteiger partial charge in [-0.25, -0.2) is 14.4 Å². The van der Waals surface area contributed by atoms with Crippen LogP contribution in [0.2, 0.25) is 0 Å². The van der Waals surface area contributed by atoms with Gasteiger partial charge in [0.05, 0.1) is 0 Å². The van der Waals surface area contributed by atoms with Crippen LogP contribution in [0.25, 0.3) is 0 Å². The fourth-order valence-electron chi connectivity index (χ4n) is 1.81. The summed E-state index contributed by atoms with van der Waals surface area (Å²) >= 11 is 0. The minimum absolute atomic E-state index is 0.247. The van der Waals surface area contributed by atoms with E-state index in [4.69, 9.17) is 10.2 Å². The monoisotopic (exact) mass is 286 g/mol. The lowest BCUT2D eigenvalue weighted by atomic mass is 9.95. The predicted molar refractivity (Wildman–Crippen MR) is 72.3 cm³/mol. The molecule has 0 saturated carbocycles. The minimum Gasteiger partial charge on any atom is -0.478 e. The molecule has 0 aromatic rings. The summed E-state index contributed by atoms with van der Waals surface area (Å²) in [5.41, 5.74) is -2.52. The Kier molecular flexibility index (Phi) is 8.27. The van der Waals surface area contributed by atoms with Crippen molar-refractivity contribution in [2.75, 3.05) is 0 Å². The fraction of sp³-hybridized carbons (Fsp3) is 0.643. The average molecular weight is 286 g/mol. The number of aliphatic carboxylic acids is 2. The van der Waals surface area contributed by atoms with E-state index >= 15 is 0 Å². The molecular formula is C14H22O6. The van der Waals surface area contributed by atoms with Crippen LogP contribution in [0.4, 0.5) is 0 Å². The molecule has 20 heavy (non-hydrogen) atoms. The van der Waals surface area contributed by atoms with Crippen LogP contribution in [0.1, 0.15) is 51.9 Å². The van der Waals surface area contributed by atoms with Gasteiger partial charge in [-0.3, -0.25) is 0 Å². The second-order valence-corrected chi connectivity index (χ2v) is 4.58. The van der Waals surface area contributed by atoms with Crippen LogP contribution in [0.5, 0.6) is 0 Å². The zero-order chi connectivity index (χ0) is 15.6. The van der Waals surface area contributed by atoms with Gasteiger partial charge in [0.25, 0.3) is 0 Å². The highest BCUT2D eigenvalue weighted by atomic mass is 16.6. The van der Waals surface area contributed by atoms with Gasteiger partial charge in [-0.05, 0) is 6.42 Å². The van der Waals surface area contributed by atoms with Crippen LogP contribution in [0, 0.1) is 0 Å². The summed E-state index contributed by atoms with van der Waals surface area (Å²) in [5, 5.41) is 18.2. The molecule has 6 nitrogen and oxygen atoms in total. The standard InChI is InChI=1S/C14H22O6/c1-3-5-6-7-8-9-10-14(12(16)17,13(18)19)20-11(15)4-2/h4H,2-3,5-10H2,1H3,(H,16,17)(H,18,19). The van der Waals surface area contributed by atoms with Gasteiger partial charge in [0, 0.05) is 12.5 Å². The van der Waals surface area contributed by atoms with Crippen molar-refractivity contribution in [2.24, 2.45) is 0 Å². The predicted octanol–water partition coefficient (Wildman–Crippen LogP) is 2.37. The van der Waals surface area contributed by atoms with E-state index in [0.717, 1.165) is 31.8 Å². The van der Waals surface area contributed by atoms with Crippen molar-refractivity contribution in [3.8, 4) is 0 Å². The maximum absolute atomic E-state index is 11.2. The fourth-order valence-corrected chi connectivity index (χ4v) is 1.81. The molecule has 0 rings (SSSR count). The second kappa shape index (κ2) is 9.12. The number of rotatable bonds is 11. The van der Waals surface area contributed by atoms with Crippen LogP contribution in [-0.2, 0) is 19.1 Å². The van der Waals surface area contributed by atoms with Crippen LogP contribution in [0.15, 0.2) is 12.7 Å². The second-order valence-electron chi connectivity index (χ2n) is 4.58. The van der Waals surface area contributed by atoms with Crippen molar-refractivity contribution < 1.29 is 29.3 Å². The van der Waals surface area contributed by atoms with Crippen molar-refractivity contribution in [3.05, 3.63) is 12.7 Å². The summed E-state index contributed by atoms with van der Waals surface area (Å²) in [7, 11) is 0. The molecule has 0 aliphatic carbocycles. The summed E-state index contributed by atoms with van der Waals surface area (Å²) in [6.45, 7) is 5.21. The Morgan fingerprint density at radius 2 is 1.55 bits per heavy atom. The van der Waals surface area contributed by atoms with E-state index in [2.05, 4.69) is 18.2 Å². The Hall–Kier alpha value is -1.85. The minimum atomic E-state index is -2.52. The molecule has 0 radical (unpaired) electrons. The quantitative estimate of drug-likeness (QED) is 0.262. The first-order chi connectivity index (χ1) is 9.40. The summed E-state index contributed by atoms with van der Waals surface area (Å²) in [5.74, 6) is -4.40. The van der Waals surface area contributed by atoms with Crippen LogP contribution < -0.4 is 0 Å². The number of carbonyl (C=O) groups excluding carboxylic acids is 1. The highest BCUT2D eigenvalue weighted by Gasteiger charge is 2.50. The number of carboxylic acid groups (broad SMARTS) is 2. The van der Waals surface area contributed by atoms with Gasteiger partial charge >= 0.3 is 23.5 Å². The Labute approximate surface area is 118 Å². The highest BCUT2D eigenvalue weighted by molar-refractivity contribution is 6.04. The van der Waals surface area contributed by atoms with E-state index in [1.165, 1.54) is 0 Å². The Bertz CT molecular complexity index is 347. The average Bonchev–Trinajstić information content (AvgIpc) is 2.40. The first-order valence-electron chi connectivity index (χ1n) is 6.73. The lowest BCUT2D eigenvalue weighted by Gasteiger charge is -2.24. The maximum Gasteiger partial charge on any atom is 0.360 e. The SMILES string of the molecule is C=CC(=O)OC(CCCCCCCC)(C(=O)O)C(=O)O. The summed E-state index contributed by atoms with van der Waals surface area (Å²) < 4.78 is 4.58. The van der Waals surface area contributed by atoms with Crippen molar-refractivity contribution in [2.45, 2.75) is 57.5 Å². The normalized spacial score (nSPS) is 10.8. The number of hydrogen-bond donors (Lipinski definition) is 2. The number of carbonyl (C=O) groups is 3. The van der Waals surface area contributed by atoms with E-state index in [-0.39, 0.29) is 6.42 Å². The number of esters is 1. The molecule has 114 valence electrons. The Morgan fingerprint density at radius 3 is 2.00 bits per heavy atom. The van der Waals surface area contributed by atoms with Crippen molar-refractivity contribution >= 4 is 17.9 Å². The zero-order valence-electron chi connectivity index (χ0n) is 11.8. The molecule has 0 fully saturated rings. The van der Waals surface area contributed by atoms with Gasteiger partial charge in [-0.1, -0.05) is 45.6 Å². The van der Waals surface area contributed by atoms with Gasteiger partial charge in [-0.15, -0.1) is 0 Å². The lowest BCUT2D eigenvalue weighted by molar-refractivity contribution is -0.189. The third-order valence-electron chi connectivity index (χ3n) is 3.01. The van der Waals surface area contributed by atoms with E-state index < -0.39 is 23.5 Å². The topological polar surface area (TPSA) is 101 Å². The number of unbranched alkanes of at least 4 members (excludes halogenated alkanes) is 5. The Balaban J connectivity index is 4.60. The molecule has 0 aliphatic heterocycles. The van der Waals surface area contributed by atoms with Gasteiger partial charge < -0.3 is 14.9 Å². The van der Waals surface area contributed by atoms with Crippen LogP contribution in [-0.4, -0.2) is 33.7 Å². The van der Waals surface area contributed by atoms with Crippen LogP contribution in [0.3, 0.4) is 0 Å². The molecule has 0 bridgehead atoms.